The van der Waals surface area contributed by atoms with E-state index in [-0.39, 0.29) is 0 Å². The second-order valence-electron chi connectivity index (χ2n) is 5.11. The van der Waals surface area contributed by atoms with Crippen LogP contribution in [0.3, 0.4) is 0 Å². The number of aliphatic hydroxyl groups is 2. The van der Waals surface area contributed by atoms with E-state index in [4.69, 9.17) is 5.11 Å². The molecule has 1 aliphatic rings. The van der Waals surface area contributed by atoms with Crippen LogP contribution in [0.1, 0.15) is 39.5 Å². The van der Waals surface area contributed by atoms with Gasteiger partial charge in [0.05, 0.1) is 5.60 Å². The summed E-state index contributed by atoms with van der Waals surface area (Å²) in [6.45, 7) is 7.25. The molecular formula is C12H25NO2. The minimum atomic E-state index is -0.425. The van der Waals surface area contributed by atoms with Gasteiger partial charge in [-0.15, -0.1) is 0 Å². The number of aliphatic hydroxyl groups excluding tert-OH is 1. The van der Waals surface area contributed by atoms with E-state index >= 15 is 0 Å². The normalized spacial score (nSPS) is 20.6. The van der Waals surface area contributed by atoms with Crippen LogP contribution in [0.5, 0.6) is 0 Å². The third-order valence-corrected chi connectivity index (χ3v) is 3.45. The molecular weight excluding hydrogens is 190 g/mol. The monoisotopic (exact) mass is 215 g/mol. The number of unbranched alkanes of at least 4 members (excludes halogenated alkanes) is 3. The van der Waals surface area contributed by atoms with Gasteiger partial charge < -0.3 is 10.2 Å². The van der Waals surface area contributed by atoms with E-state index in [1.54, 1.807) is 0 Å². The summed E-state index contributed by atoms with van der Waals surface area (Å²) in [6, 6.07) is 0. The largest absolute Gasteiger partial charge is 0.396 e. The molecule has 0 aromatic heterocycles. The molecule has 1 saturated heterocycles. The van der Waals surface area contributed by atoms with E-state index in [0.29, 0.717) is 12.5 Å². The Morgan fingerprint density at radius 3 is 2.27 bits per heavy atom. The Balaban J connectivity index is 1.98. The molecule has 0 aromatic carbocycles. The number of likely N-dealkylation sites (tertiary alicyclic amines) is 1. The summed E-state index contributed by atoms with van der Waals surface area (Å²) in [5, 5.41) is 18.6. The summed E-state index contributed by atoms with van der Waals surface area (Å²) in [6.07, 6.45) is 4.43. The van der Waals surface area contributed by atoms with Crippen LogP contribution < -0.4 is 0 Å². The SMILES string of the molecule is CC(C)C1(O)CN(CCCCCCO)C1. The zero-order valence-corrected chi connectivity index (χ0v) is 10.1. The van der Waals surface area contributed by atoms with Crippen LogP contribution in [0.4, 0.5) is 0 Å². The third kappa shape index (κ3) is 3.74. The Morgan fingerprint density at radius 2 is 1.73 bits per heavy atom. The summed E-state index contributed by atoms with van der Waals surface area (Å²) in [5.74, 6) is 0.364. The topological polar surface area (TPSA) is 43.7 Å². The maximum absolute atomic E-state index is 10.0. The fourth-order valence-electron chi connectivity index (χ4n) is 2.05. The molecule has 0 spiro atoms. The number of rotatable bonds is 7. The van der Waals surface area contributed by atoms with Crippen LogP contribution in [-0.2, 0) is 0 Å². The molecule has 90 valence electrons. The van der Waals surface area contributed by atoms with Gasteiger partial charge in [0.2, 0.25) is 0 Å². The molecule has 1 aliphatic heterocycles. The molecule has 0 bridgehead atoms. The van der Waals surface area contributed by atoms with Crippen molar-refractivity contribution >= 4 is 0 Å². The Hall–Kier alpha value is -0.120. The predicted molar refractivity (Wildman–Crippen MR) is 61.8 cm³/mol. The molecule has 0 unspecified atom stereocenters. The van der Waals surface area contributed by atoms with E-state index in [1.807, 2.05) is 0 Å². The number of nitrogens with zero attached hydrogens (tertiary/aromatic N) is 1. The Bertz CT molecular complexity index is 176. The van der Waals surface area contributed by atoms with Gasteiger partial charge in [-0.2, -0.15) is 0 Å². The first-order valence-electron chi connectivity index (χ1n) is 6.14. The van der Waals surface area contributed by atoms with Gasteiger partial charge in [0.1, 0.15) is 0 Å². The molecule has 3 nitrogen and oxygen atoms in total. The molecule has 1 heterocycles. The van der Waals surface area contributed by atoms with Gasteiger partial charge in [-0.05, 0) is 25.3 Å². The fourth-order valence-corrected chi connectivity index (χ4v) is 2.05. The van der Waals surface area contributed by atoms with Crippen molar-refractivity contribution in [3.8, 4) is 0 Å². The van der Waals surface area contributed by atoms with Crippen molar-refractivity contribution in [3.05, 3.63) is 0 Å². The summed E-state index contributed by atoms with van der Waals surface area (Å²) < 4.78 is 0. The Labute approximate surface area is 93.1 Å². The van der Waals surface area contributed by atoms with Crippen LogP contribution in [0.2, 0.25) is 0 Å². The summed E-state index contributed by atoms with van der Waals surface area (Å²) in [5.41, 5.74) is -0.425. The molecule has 0 aromatic rings. The Kier molecular flexibility index (Phi) is 5.03. The lowest BCUT2D eigenvalue weighted by Crippen LogP contribution is -2.64. The smallest absolute Gasteiger partial charge is 0.0922 e. The van der Waals surface area contributed by atoms with E-state index in [2.05, 4.69) is 18.7 Å². The van der Waals surface area contributed by atoms with Crippen molar-refractivity contribution in [2.24, 2.45) is 5.92 Å². The summed E-state index contributed by atoms with van der Waals surface area (Å²) in [4.78, 5) is 2.32. The van der Waals surface area contributed by atoms with Crippen molar-refractivity contribution in [1.82, 2.24) is 4.90 Å². The fraction of sp³-hybridized carbons (Fsp3) is 1.00. The van der Waals surface area contributed by atoms with Gasteiger partial charge in [0.15, 0.2) is 0 Å². The zero-order valence-electron chi connectivity index (χ0n) is 10.1. The van der Waals surface area contributed by atoms with Gasteiger partial charge in [0, 0.05) is 19.7 Å². The maximum Gasteiger partial charge on any atom is 0.0922 e. The van der Waals surface area contributed by atoms with E-state index in [9.17, 15) is 5.11 Å². The predicted octanol–water partition coefficient (Wildman–Crippen LogP) is 1.24. The highest BCUT2D eigenvalue weighted by Crippen LogP contribution is 2.28. The van der Waals surface area contributed by atoms with Crippen molar-refractivity contribution in [2.75, 3.05) is 26.2 Å². The number of β-amino-alcohol motifs (C(OH)–C–C–N with tert-alkyl or cyclic N) is 1. The quantitative estimate of drug-likeness (QED) is 0.628. The van der Waals surface area contributed by atoms with Crippen LogP contribution in [0, 0.1) is 5.92 Å². The average Bonchev–Trinajstić information content (AvgIpc) is 2.14. The van der Waals surface area contributed by atoms with E-state index < -0.39 is 5.60 Å². The van der Waals surface area contributed by atoms with Gasteiger partial charge in [-0.25, -0.2) is 0 Å². The third-order valence-electron chi connectivity index (χ3n) is 3.45. The average molecular weight is 215 g/mol. The lowest BCUT2D eigenvalue weighted by Gasteiger charge is -2.49. The number of hydrogen-bond donors (Lipinski definition) is 2. The lowest BCUT2D eigenvalue weighted by atomic mass is 9.83. The molecule has 0 aliphatic carbocycles. The second kappa shape index (κ2) is 5.83. The standard InChI is InChI=1S/C12H25NO2/c1-11(2)12(15)9-13(10-12)7-5-3-4-6-8-14/h11,14-15H,3-10H2,1-2H3. The van der Waals surface area contributed by atoms with Gasteiger partial charge in [0.25, 0.3) is 0 Å². The molecule has 0 saturated carbocycles. The molecule has 0 atom stereocenters. The molecule has 3 heteroatoms. The van der Waals surface area contributed by atoms with E-state index in [1.165, 1.54) is 12.8 Å². The minimum absolute atomic E-state index is 0.316. The maximum atomic E-state index is 10.0. The van der Waals surface area contributed by atoms with Gasteiger partial charge in [-0.1, -0.05) is 26.7 Å². The minimum Gasteiger partial charge on any atom is -0.396 e. The summed E-state index contributed by atoms with van der Waals surface area (Å²) in [7, 11) is 0. The van der Waals surface area contributed by atoms with E-state index in [0.717, 1.165) is 32.5 Å². The van der Waals surface area contributed by atoms with Crippen LogP contribution >= 0.6 is 0 Å². The molecule has 0 radical (unpaired) electrons. The highest BCUT2D eigenvalue weighted by Gasteiger charge is 2.42. The molecule has 2 N–H and O–H groups in total. The second-order valence-corrected chi connectivity index (χ2v) is 5.11. The van der Waals surface area contributed by atoms with Gasteiger partial charge >= 0.3 is 0 Å². The number of hydrogen-bond acceptors (Lipinski definition) is 3. The first-order valence-corrected chi connectivity index (χ1v) is 6.14. The molecule has 1 fully saturated rings. The lowest BCUT2D eigenvalue weighted by molar-refractivity contribution is -0.127. The van der Waals surface area contributed by atoms with Crippen molar-refractivity contribution in [3.63, 3.8) is 0 Å². The molecule has 0 amide bonds. The highest BCUT2D eigenvalue weighted by molar-refractivity contribution is 4.97. The van der Waals surface area contributed by atoms with Crippen molar-refractivity contribution in [1.29, 1.82) is 0 Å². The zero-order chi connectivity index (χ0) is 11.3. The molecule has 1 rings (SSSR count). The molecule has 15 heavy (non-hydrogen) atoms. The van der Waals surface area contributed by atoms with Crippen molar-refractivity contribution in [2.45, 2.75) is 45.1 Å². The summed E-state index contributed by atoms with van der Waals surface area (Å²) >= 11 is 0. The van der Waals surface area contributed by atoms with Crippen LogP contribution in [0.15, 0.2) is 0 Å². The van der Waals surface area contributed by atoms with Crippen LogP contribution in [-0.4, -0.2) is 47.0 Å². The van der Waals surface area contributed by atoms with Crippen LogP contribution in [0.25, 0.3) is 0 Å². The highest BCUT2D eigenvalue weighted by atomic mass is 16.3. The Morgan fingerprint density at radius 1 is 1.13 bits per heavy atom. The first kappa shape index (κ1) is 12.9. The van der Waals surface area contributed by atoms with Gasteiger partial charge in [-0.3, -0.25) is 4.90 Å². The first-order chi connectivity index (χ1) is 7.08. The van der Waals surface area contributed by atoms with Crippen molar-refractivity contribution < 1.29 is 10.2 Å².